The zero-order valence-electron chi connectivity index (χ0n) is 12.1. The quantitative estimate of drug-likeness (QED) is 0.652. The van der Waals surface area contributed by atoms with Gasteiger partial charge in [-0.15, -0.1) is 0 Å². The normalized spacial score (nSPS) is 10.8. The average Bonchev–Trinajstić information content (AvgIpc) is 2.48. The van der Waals surface area contributed by atoms with E-state index in [0.717, 1.165) is 11.6 Å². The molecule has 0 saturated heterocycles. The molecule has 0 unspecified atom stereocenters. The van der Waals surface area contributed by atoms with Crippen LogP contribution in [0.3, 0.4) is 0 Å². The van der Waals surface area contributed by atoms with Gasteiger partial charge in [-0.2, -0.15) is 5.10 Å². The molecule has 1 amide bonds. The lowest BCUT2D eigenvalue weighted by atomic mass is 10.2. The van der Waals surface area contributed by atoms with Crippen molar-refractivity contribution in [3.8, 4) is 5.75 Å². The lowest BCUT2D eigenvalue weighted by Crippen LogP contribution is -2.24. The summed E-state index contributed by atoms with van der Waals surface area (Å²) in [5.74, 6) is -0.313. The Hall–Kier alpha value is -2.11. The molecule has 120 valence electrons. The number of rotatable bonds is 5. The molecule has 0 spiro atoms. The summed E-state index contributed by atoms with van der Waals surface area (Å²) in [6.07, 6.45) is 1.33. The third-order valence-electron chi connectivity index (χ3n) is 2.85. The first-order valence-electron chi connectivity index (χ1n) is 6.61. The second-order valence-corrected chi connectivity index (χ2v) is 5.50. The predicted molar refractivity (Wildman–Crippen MR) is 88.8 cm³/mol. The molecule has 0 radical (unpaired) electrons. The second-order valence-electron chi connectivity index (χ2n) is 4.66. The maximum absolute atomic E-state index is 12.9. The molecule has 1 N–H and O–H groups in total. The van der Waals surface area contributed by atoms with E-state index in [0.29, 0.717) is 16.3 Å². The summed E-state index contributed by atoms with van der Waals surface area (Å²) < 4.78 is 18.3. The predicted octanol–water partition coefficient (Wildman–Crippen LogP) is 3.97. The molecule has 0 aromatic heterocycles. The molecule has 23 heavy (non-hydrogen) atoms. The van der Waals surface area contributed by atoms with Gasteiger partial charge in [0.2, 0.25) is 0 Å². The number of amides is 1. The summed E-state index contributed by atoms with van der Waals surface area (Å²) in [5, 5.41) is 4.55. The molecule has 0 aliphatic heterocycles. The molecule has 7 heteroatoms. The van der Waals surface area contributed by atoms with E-state index in [1.165, 1.54) is 18.3 Å². The zero-order chi connectivity index (χ0) is 16.8. The van der Waals surface area contributed by atoms with Crippen molar-refractivity contribution in [1.82, 2.24) is 5.43 Å². The molecule has 0 aliphatic rings. The number of hydrogen-bond donors (Lipinski definition) is 1. The fraction of sp³-hybridized carbons (Fsp3) is 0.125. The van der Waals surface area contributed by atoms with Crippen LogP contribution >= 0.6 is 23.2 Å². The zero-order valence-corrected chi connectivity index (χ0v) is 13.7. The molecular formula is C16H13Cl2FN2O2. The van der Waals surface area contributed by atoms with Crippen molar-refractivity contribution in [3.63, 3.8) is 0 Å². The van der Waals surface area contributed by atoms with Crippen LogP contribution in [0.1, 0.15) is 11.1 Å². The highest BCUT2D eigenvalue weighted by molar-refractivity contribution is 6.33. The maximum atomic E-state index is 12.9. The number of aryl methyl sites for hydroxylation is 1. The highest BCUT2D eigenvalue weighted by atomic mass is 35.5. The number of ether oxygens (including phenoxy) is 1. The number of nitrogens with one attached hydrogen (secondary N) is 1. The van der Waals surface area contributed by atoms with Gasteiger partial charge >= 0.3 is 0 Å². The third-order valence-corrected chi connectivity index (χ3v) is 3.41. The van der Waals surface area contributed by atoms with Crippen LogP contribution in [0.25, 0.3) is 0 Å². The van der Waals surface area contributed by atoms with Crippen molar-refractivity contribution < 1.29 is 13.9 Å². The molecule has 0 fully saturated rings. The molecular weight excluding hydrogens is 342 g/mol. The first-order chi connectivity index (χ1) is 11.0. The van der Waals surface area contributed by atoms with Gasteiger partial charge in [-0.05, 0) is 48.9 Å². The van der Waals surface area contributed by atoms with E-state index in [9.17, 15) is 9.18 Å². The Balaban J connectivity index is 1.86. The van der Waals surface area contributed by atoms with Gasteiger partial charge in [0.05, 0.1) is 11.2 Å². The second kappa shape index (κ2) is 7.94. The first-order valence-corrected chi connectivity index (χ1v) is 7.37. The van der Waals surface area contributed by atoms with E-state index in [1.54, 1.807) is 18.2 Å². The smallest absolute Gasteiger partial charge is 0.277 e. The lowest BCUT2D eigenvalue weighted by Gasteiger charge is -2.08. The van der Waals surface area contributed by atoms with Crippen LogP contribution in [0.2, 0.25) is 10.0 Å². The summed E-state index contributed by atoms with van der Waals surface area (Å²) in [7, 11) is 0. The summed E-state index contributed by atoms with van der Waals surface area (Å²) in [5.41, 5.74) is 3.62. The number of hydrazone groups is 1. The maximum Gasteiger partial charge on any atom is 0.277 e. The van der Waals surface area contributed by atoms with E-state index >= 15 is 0 Å². The van der Waals surface area contributed by atoms with Gasteiger partial charge in [-0.3, -0.25) is 4.79 Å². The van der Waals surface area contributed by atoms with Crippen LogP contribution in [0.15, 0.2) is 41.5 Å². The van der Waals surface area contributed by atoms with Gasteiger partial charge in [-0.25, -0.2) is 9.82 Å². The SMILES string of the molecule is Cc1cc(Cl)ccc1OCC(=O)NN=Cc1ccc(F)cc1Cl. The van der Waals surface area contributed by atoms with Crippen molar-refractivity contribution in [3.05, 3.63) is 63.4 Å². The van der Waals surface area contributed by atoms with Crippen LogP contribution in [0, 0.1) is 12.7 Å². The van der Waals surface area contributed by atoms with Gasteiger partial charge < -0.3 is 4.74 Å². The Morgan fingerprint density at radius 2 is 2.09 bits per heavy atom. The highest BCUT2D eigenvalue weighted by Gasteiger charge is 2.05. The van der Waals surface area contributed by atoms with E-state index in [2.05, 4.69) is 10.5 Å². The van der Waals surface area contributed by atoms with Gasteiger partial charge in [0.1, 0.15) is 11.6 Å². The Morgan fingerprint density at radius 3 is 2.78 bits per heavy atom. The van der Waals surface area contributed by atoms with Gasteiger partial charge in [0, 0.05) is 10.6 Å². The third kappa shape index (κ3) is 5.23. The summed E-state index contributed by atoms with van der Waals surface area (Å²) in [6, 6.07) is 8.98. The molecule has 0 atom stereocenters. The van der Waals surface area contributed by atoms with E-state index in [-0.39, 0.29) is 11.6 Å². The fourth-order valence-corrected chi connectivity index (χ4v) is 2.17. The minimum Gasteiger partial charge on any atom is -0.483 e. The minimum absolute atomic E-state index is 0.197. The van der Waals surface area contributed by atoms with E-state index in [1.807, 2.05) is 6.92 Å². The Bertz CT molecular complexity index is 751. The summed E-state index contributed by atoms with van der Waals surface area (Å²) in [4.78, 5) is 11.7. The largest absolute Gasteiger partial charge is 0.483 e. The van der Waals surface area contributed by atoms with Gasteiger partial charge in [-0.1, -0.05) is 23.2 Å². The highest BCUT2D eigenvalue weighted by Crippen LogP contribution is 2.21. The number of carbonyl (C=O) groups is 1. The minimum atomic E-state index is -0.442. The molecule has 0 heterocycles. The van der Waals surface area contributed by atoms with Crippen LogP contribution in [-0.2, 0) is 4.79 Å². The molecule has 2 aromatic rings. The number of hydrogen-bond acceptors (Lipinski definition) is 3. The van der Waals surface area contributed by atoms with Crippen LogP contribution in [0.4, 0.5) is 4.39 Å². The molecule has 0 bridgehead atoms. The van der Waals surface area contributed by atoms with Gasteiger partial charge in [0.15, 0.2) is 6.61 Å². The standard InChI is InChI=1S/C16H13Cl2FN2O2/c1-10-6-12(17)3-5-15(10)23-9-16(22)21-20-8-11-2-4-13(19)7-14(11)18/h2-8H,9H2,1H3,(H,21,22). The Labute approximate surface area is 142 Å². The number of carbonyl (C=O) groups excluding carboxylic acids is 1. The number of halogens is 3. The lowest BCUT2D eigenvalue weighted by molar-refractivity contribution is -0.123. The average molecular weight is 355 g/mol. The number of nitrogens with zero attached hydrogens (tertiary/aromatic N) is 1. The van der Waals surface area contributed by atoms with E-state index in [4.69, 9.17) is 27.9 Å². The fourth-order valence-electron chi connectivity index (χ4n) is 1.73. The number of benzene rings is 2. The molecule has 0 saturated carbocycles. The van der Waals surface area contributed by atoms with Crippen molar-refractivity contribution in [2.45, 2.75) is 6.92 Å². The topological polar surface area (TPSA) is 50.7 Å². The summed E-state index contributed by atoms with van der Waals surface area (Å²) in [6.45, 7) is 1.63. The van der Waals surface area contributed by atoms with E-state index < -0.39 is 11.7 Å². The Kier molecular flexibility index (Phi) is 5.96. The van der Waals surface area contributed by atoms with Crippen molar-refractivity contribution >= 4 is 35.3 Å². The van der Waals surface area contributed by atoms with Crippen LogP contribution in [-0.4, -0.2) is 18.7 Å². The Morgan fingerprint density at radius 1 is 1.30 bits per heavy atom. The van der Waals surface area contributed by atoms with Crippen molar-refractivity contribution in [2.24, 2.45) is 5.10 Å². The molecule has 0 aliphatic carbocycles. The van der Waals surface area contributed by atoms with Crippen LogP contribution in [0.5, 0.6) is 5.75 Å². The molecule has 2 rings (SSSR count). The molecule has 4 nitrogen and oxygen atoms in total. The van der Waals surface area contributed by atoms with Crippen molar-refractivity contribution in [2.75, 3.05) is 6.61 Å². The first kappa shape index (κ1) is 17.2. The summed E-state index contributed by atoms with van der Waals surface area (Å²) >= 11 is 11.7. The van der Waals surface area contributed by atoms with Gasteiger partial charge in [0.25, 0.3) is 5.91 Å². The molecule has 2 aromatic carbocycles. The van der Waals surface area contributed by atoms with Crippen LogP contribution < -0.4 is 10.2 Å². The monoisotopic (exact) mass is 354 g/mol. The van der Waals surface area contributed by atoms with Crippen molar-refractivity contribution in [1.29, 1.82) is 0 Å².